The number of ether oxygens (including phenoxy) is 4. The van der Waals surface area contributed by atoms with Gasteiger partial charge in [0.05, 0.1) is 49.2 Å². The lowest BCUT2D eigenvalue weighted by Crippen LogP contribution is -2.49. The van der Waals surface area contributed by atoms with Gasteiger partial charge in [-0.2, -0.15) is 10.2 Å². The van der Waals surface area contributed by atoms with E-state index >= 15 is 0 Å². The van der Waals surface area contributed by atoms with Gasteiger partial charge in [0.15, 0.2) is 0 Å². The van der Waals surface area contributed by atoms with Crippen molar-refractivity contribution < 1.29 is 28.8 Å². The number of carboxylic acid groups (broad SMARTS) is 1. The monoisotopic (exact) mass is 637 g/mol. The van der Waals surface area contributed by atoms with Crippen LogP contribution in [0.3, 0.4) is 0 Å². The van der Waals surface area contributed by atoms with E-state index < -0.39 is 28.9 Å². The molecule has 2 bridgehead atoms. The van der Waals surface area contributed by atoms with Crippen molar-refractivity contribution in [2.24, 2.45) is 0 Å². The molecular weight excluding hydrogens is 602 g/mol. The molecule has 5 heterocycles. The number of carbonyl (C=O) groups is 1. The highest BCUT2D eigenvalue weighted by atomic mass is 32.1. The van der Waals surface area contributed by atoms with Crippen molar-refractivity contribution in [1.82, 2.24) is 24.1 Å². The van der Waals surface area contributed by atoms with Crippen LogP contribution < -0.4 is 16.0 Å². The molecule has 4 atom stereocenters. The standard InChI is InChI=1S/C31H35N5O8S/c1-18-25-26(37)35(31(9-10-31)29(38)39)30(40)34(28(25)45-27(18)36-32-11-12-33-36)17-24(44-21-15-19-7-8-20(16-21)43-19)22-5-3-4-6-23(22)42-14-13-41-2/h3-6,11-12,19-21,24H,7-10,13-17H2,1-2H3,(H,38,39)/t19-,20+,21+,24-/m0/s1. The highest BCUT2D eigenvalue weighted by Gasteiger charge is 2.55. The molecule has 2 aliphatic heterocycles. The fourth-order valence-corrected chi connectivity index (χ4v) is 7.90. The van der Waals surface area contributed by atoms with Gasteiger partial charge in [0.2, 0.25) is 0 Å². The predicted molar refractivity (Wildman–Crippen MR) is 163 cm³/mol. The van der Waals surface area contributed by atoms with E-state index in [2.05, 4.69) is 10.2 Å². The van der Waals surface area contributed by atoms with Crippen LogP contribution in [-0.2, 0) is 31.1 Å². The number of para-hydroxylation sites is 1. The Morgan fingerprint density at radius 2 is 1.84 bits per heavy atom. The van der Waals surface area contributed by atoms with Crippen molar-refractivity contribution in [2.75, 3.05) is 20.3 Å². The van der Waals surface area contributed by atoms with Crippen LogP contribution in [0.5, 0.6) is 5.75 Å². The molecule has 1 saturated carbocycles. The van der Waals surface area contributed by atoms with Crippen molar-refractivity contribution in [3.8, 4) is 10.8 Å². The Labute approximate surface area is 261 Å². The zero-order valence-electron chi connectivity index (χ0n) is 25.1. The SMILES string of the molecule is COCCOc1ccccc1[C@H](Cn1c(=O)n(C2(C(=O)O)CC2)c(=O)c2c(C)c(-n3nccn3)sc21)O[C@H]1C[C@H]2CC[C@@H](C1)O2. The second-order valence-corrected chi connectivity index (χ2v) is 12.9. The van der Waals surface area contributed by atoms with Gasteiger partial charge in [0, 0.05) is 18.2 Å². The molecule has 3 fully saturated rings. The number of aromatic nitrogens is 5. The molecule has 3 aromatic heterocycles. The van der Waals surface area contributed by atoms with E-state index in [1.54, 1.807) is 14.0 Å². The lowest BCUT2D eigenvalue weighted by molar-refractivity contribution is -0.142. The summed E-state index contributed by atoms with van der Waals surface area (Å²) in [4.78, 5) is 42.7. The molecule has 14 heteroatoms. The molecular formula is C31H35N5O8S. The van der Waals surface area contributed by atoms with Crippen LogP contribution in [0, 0.1) is 6.92 Å². The normalized spacial score (nSPS) is 22.5. The van der Waals surface area contributed by atoms with Crippen molar-refractivity contribution in [2.45, 2.75) is 81.9 Å². The number of aliphatic carboxylic acids is 1. The van der Waals surface area contributed by atoms with E-state index in [4.69, 9.17) is 18.9 Å². The second kappa shape index (κ2) is 11.8. The molecule has 238 valence electrons. The number of hydrogen-bond donors (Lipinski definition) is 1. The van der Waals surface area contributed by atoms with Gasteiger partial charge in [0.1, 0.15) is 33.8 Å². The number of rotatable bonds is 12. The number of nitrogens with zero attached hydrogens (tertiary/aromatic N) is 5. The zero-order chi connectivity index (χ0) is 31.3. The summed E-state index contributed by atoms with van der Waals surface area (Å²) in [7, 11) is 1.60. The van der Waals surface area contributed by atoms with Gasteiger partial charge in [0.25, 0.3) is 5.56 Å². The van der Waals surface area contributed by atoms with Crippen molar-refractivity contribution >= 4 is 27.5 Å². The molecule has 13 nitrogen and oxygen atoms in total. The van der Waals surface area contributed by atoms with Crippen LogP contribution in [0.1, 0.15) is 55.8 Å². The molecule has 1 aromatic carbocycles. The minimum atomic E-state index is -1.58. The molecule has 0 unspecified atom stereocenters. The summed E-state index contributed by atoms with van der Waals surface area (Å²) in [6.07, 6.45) is 6.40. The van der Waals surface area contributed by atoms with Crippen molar-refractivity contribution in [3.05, 3.63) is 68.6 Å². The second-order valence-electron chi connectivity index (χ2n) is 12.0. The maximum absolute atomic E-state index is 14.4. The third kappa shape index (κ3) is 5.29. The van der Waals surface area contributed by atoms with E-state index in [-0.39, 0.29) is 43.1 Å². The summed E-state index contributed by atoms with van der Waals surface area (Å²) in [6, 6.07) is 7.53. The van der Waals surface area contributed by atoms with Crippen molar-refractivity contribution in [3.63, 3.8) is 0 Å². The maximum atomic E-state index is 14.4. The van der Waals surface area contributed by atoms with Crippen LogP contribution in [-0.4, -0.2) is 73.8 Å². The van der Waals surface area contributed by atoms with Crippen LogP contribution in [0.15, 0.2) is 46.2 Å². The highest BCUT2D eigenvalue weighted by Crippen LogP contribution is 2.43. The van der Waals surface area contributed by atoms with Crippen molar-refractivity contribution in [1.29, 1.82) is 0 Å². The summed E-state index contributed by atoms with van der Waals surface area (Å²) in [5.41, 5.74) is -1.58. The maximum Gasteiger partial charge on any atom is 0.333 e. The Morgan fingerprint density at radius 1 is 1.13 bits per heavy atom. The molecule has 45 heavy (non-hydrogen) atoms. The summed E-state index contributed by atoms with van der Waals surface area (Å²) >= 11 is 1.22. The number of thiophene rings is 1. The first-order valence-electron chi connectivity index (χ1n) is 15.2. The molecule has 1 N–H and O–H groups in total. The molecule has 0 spiro atoms. The Balaban J connectivity index is 1.39. The number of carboxylic acids is 1. The van der Waals surface area contributed by atoms with E-state index in [9.17, 15) is 19.5 Å². The van der Waals surface area contributed by atoms with Gasteiger partial charge < -0.3 is 24.1 Å². The Kier molecular flexibility index (Phi) is 7.84. The minimum absolute atomic E-state index is 0.0224. The Morgan fingerprint density at radius 3 is 2.51 bits per heavy atom. The van der Waals surface area contributed by atoms with Crippen LogP contribution in [0.25, 0.3) is 15.2 Å². The quantitative estimate of drug-likeness (QED) is 0.230. The van der Waals surface area contributed by atoms with Gasteiger partial charge in [-0.25, -0.2) is 14.2 Å². The summed E-state index contributed by atoms with van der Waals surface area (Å²) < 4.78 is 26.7. The third-order valence-electron chi connectivity index (χ3n) is 9.10. The van der Waals surface area contributed by atoms with E-state index in [0.29, 0.717) is 34.4 Å². The topological polar surface area (TPSA) is 149 Å². The van der Waals surface area contributed by atoms with Crippen LogP contribution >= 0.6 is 11.3 Å². The lowest BCUT2D eigenvalue weighted by atomic mass is 10.0. The zero-order valence-corrected chi connectivity index (χ0v) is 25.9. The molecule has 0 radical (unpaired) electrons. The molecule has 0 amide bonds. The summed E-state index contributed by atoms with van der Waals surface area (Å²) in [6.45, 7) is 2.50. The summed E-state index contributed by atoms with van der Waals surface area (Å²) in [5.74, 6) is -0.600. The van der Waals surface area contributed by atoms with Gasteiger partial charge in [-0.15, -0.1) is 4.80 Å². The van der Waals surface area contributed by atoms with E-state index in [1.807, 2.05) is 24.3 Å². The molecule has 3 aliphatic rings. The van der Waals surface area contributed by atoms with Gasteiger partial charge in [-0.3, -0.25) is 9.36 Å². The smallest absolute Gasteiger partial charge is 0.333 e. The number of hydrogen-bond acceptors (Lipinski definition) is 10. The molecule has 7 rings (SSSR count). The largest absolute Gasteiger partial charge is 0.491 e. The molecule has 4 aromatic rings. The number of fused-ring (bicyclic) bond motifs is 3. The highest BCUT2D eigenvalue weighted by molar-refractivity contribution is 7.21. The number of methoxy groups -OCH3 is 1. The van der Waals surface area contributed by atoms with Crippen LogP contribution in [0.4, 0.5) is 0 Å². The Bertz CT molecular complexity index is 1830. The number of aryl methyl sites for hydroxylation is 1. The molecule has 1 aliphatic carbocycles. The molecule has 2 saturated heterocycles. The van der Waals surface area contributed by atoms with E-state index in [0.717, 1.165) is 35.8 Å². The first-order chi connectivity index (χ1) is 21.8. The fourth-order valence-electron chi connectivity index (χ4n) is 6.68. The summed E-state index contributed by atoms with van der Waals surface area (Å²) in [5, 5.41) is 19.5. The first kappa shape index (κ1) is 29.8. The Hall–Kier alpha value is -3.85. The average molecular weight is 638 g/mol. The first-order valence-corrected chi connectivity index (χ1v) is 16.0. The van der Waals surface area contributed by atoms with Crippen LogP contribution in [0.2, 0.25) is 0 Å². The van der Waals surface area contributed by atoms with Gasteiger partial charge in [-0.05, 0) is 51.5 Å². The van der Waals surface area contributed by atoms with Gasteiger partial charge in [-0.1, -0.05) is 29.5 Å². The minimum Gasteiger partial charge on any atom is -0.491 e. The average Bonchev–Trinajstić information content (AvgIpc) is 3.31. The van der Waals surface area contributed by atoms with Gasteiger partial charge >= 0.3 is 11.7 Å². The number of benzene rings is 1. The lowest BCUT2D eigenvalue weighted by Gasteiger charge is -2.32. The third-order valence-corrected chi connectivity index (χ3v) is 10.4. The van der Waals surface area contributed by atoms with E-state index in [1.165, 1.54) is 33.1 Å². The predicted octanol–water partition coefficient (Wildman–Crippen LogP) is 3.18. The fraction of sp³-hybridized carbons (Fsp3) is 0.516.